The molecule has 1 aromatic rings. The fraction of sp³-hybridized carbons (Fsp3) is 0.429. The second-order valence-electron chi connectivity index (χ2n) is 5.09. The summed E-state index contributed by atoms with van der Waals surface area (Å²) >= 11 is 0. The van der Waals surface area contributed by atoms with Gasteiger partial charge >= 0.3 is 0 Å². The SMILES string of the molecule is CC(=O)N1CCC2(CC1)C(=O)Nc1ccccc12. The van der Waals surface area contributed by atoms with E-state index in [9.17, 15) is 9.59 Å². The maximum absolute atomic E-state index is 12.3. The quantitative estimate of drug-likeness (QED) is 0.752. The lowest BCUT2D eigenvalue weighted by molar-refractivity contribution is -0.133. The van der Waals surface area contributed by atoms with Gasteiger partial charge in [0, 0.05) is 25.7 Å². The molecular formula is C14H16N2O2. The summed E-state index contributed by atoms with van der Waals surface area (Å²) in [5, 5.41) is 2.96. The summed E-state index contributed by atoms with van der Waals surface area (Å²) in [5.74, 6) is 0.184. The van der Waals surface area contributed by atoms with Gasteiger partial charge in [0.25, 0.3) is 0 Å². The fourth-order valence-electron chi connectivity index (χ4n) is 3.07. The summed E-state index contributed by atoms with van der Waals surface area (Å²) in [5.41, 5.74) is 1.61. The molecule has 0 aromatic heterocycles. The Morgan fingerprint density at radius 1 is 1.28 bits per heavy atom. The van der Waals surface area contributed by atoms with Crippen molar-refractivity contribution in [2.45, 2.75) is 25.2 Å². The highest BCUT2D eigenvalue weighted by Gasteiger charge is 2.48. The lowest BCUT2D eigenvalue weighted by atomic mass is 9.73. The van der Waals surface area contributed by atoms with E-state index in [0.29, 0.717) is 13.1 Å². The third-order valence-electron chi connectivity index (χ3n) is 4.19. The van der Waals surface area contributed by atoms with Gasteiger partial charge in [-0.15, -0.1) is 0 Å². The Morgan fingerprint density at radius 3 is 2.61 bits per heavy atom. The maximum atomic E-state index is 12.3. The molecule has 2 aliphatic rings. The molecule has 0 bridgehead atoms. The Labute approximate surface area is 106 Å². The van der Waals surface area contributed by atoms with Crippen molar-refractivity contribution < 1.29 is 9.59 Å². The number of fused-ring (bicyclic) bond motifs is 2. The fourth-order valence-corrected chi connectivity index (χ4v) is 3.07. The van der Waals surface area contributed by atoms with Gasteiger partial charge in [-0.05, 0) is 24.5 Å². The van der Waals surface area contributed by atoms with Crippen LogP contribution < -0.4 is 5.32 Å². The van der Waals surface area contributed by atoms with Crippen molar-refractivity contribution in [2.24, 2.45) is 0 Å². The largest absolute Gasteiger partial charge is 0.343 e. The number of carbonyl (C=O) groups excluding carboxylic acids is 2. The summed E-state index contributed by atoms with van der Waals surface area (Å²) in [6, 6.07) is 7.87. The summed E-state index contributed by atoms with van der Waals surface area (Å²) < 4.78 is 0. The smallest absolute Gasteiger partial charge is 0.235 e. The summed E-state index contributed by atoms with van der Waals surface area (Å²) in [6.07, 6.45) is 1.44. The Bertz CT molecular complexity index is 516. The Morgan fingerprint density at radius 2 is 1.94 bits per heavy atom. The van der Waals surface area contributed by atoms with Crippen LogP contribution in [0.1, 0.15) is 25.3 Å². The van der Waals surface area contributed by atoms with Gasteiger partial charge < -0.3 is 10.2 Å². The van der Waals surface area contributed by atoms with Gasteiger partial charge in [0.05, 0.1) is 5.41 Å². The predicted octanol–water partition coefficient (Wildman–Crippen LogP) is 1.52. The average Bonchev–Trinajstić information content (AvgIpc) is 2.64. The number of nitrogens with zero attached hydrogens (tertiary/aromatic N) is 1. The minimum Gasteiger partial charge on any atom is -0.343 e. The first-order valence-corrected chi connectivity index (χ1v) is 6.30. The van der Waals surface area contributed by atoms with Crippen molar-refractivity contribution >= 4 is 17.5 Å². The zero-order valence-corrected chi connectivity index (χ0v) is 10.4. The number of carbonyl (C=O) groups is 2. The molecule has 18 heavy (non-hydrogen) atoms. The zero-order chi connectivity index (χ0) is 12.8. The highest BCUT2D eigenvalue weighted by molar-refractivity contribution is 6.06. The number of anilines is 1. The molecule has 2 aliphatic heterocycles. The molecule has 4 nitrogen and oxygen atoms in total. The number of likely N-dealkylation sites (tertiary alicyclic amines) is 1. The van der Waals surface area contributed by atoms with E-state index in [2.05, 4.69) is 5.32 Å². The monoisotopic (exact) mass is 244 g/mol. The van der Waals surface area contributed by atoms with Crippen molar-refractivity contribution in [2.75, 3.05) is 18.4 Å². The molecule has 0 saturated carbocycles. The Hall–Kier alpha value is -1.84. The number of amides is 2. The number of nitrogens with one attached hydrogen (secondary N) is 1. The van der Waals surface area contributed by atoms with Gasteiger partial charge in [0.15, 0.2) is 0 Å². The Balaban J connectivity index is 1.93. The minimum atomic E-state index is -0.414. The molecular weight excluding hydrogens is 228 g/mol. The second-order valence-corrected chi connectivity index (χ2v) is 5.09. The number of para-hydroxylation sites is 1. The normalized spacial score (nSPS) is 20.7. The van der Waals surface area contributed by atoms with E-state index < -0.39 is 5.41 Å². The van der Waals surface area contributed by atoms with Crippen LogP contribution >= 0.6 is 0 Å². The van der Waals surface area contributed by atoms with Gasteiger partial charge in [-0.25, -0.2) is 0 Å². The molecule has 94 valence electrons. The molecule has 2 heterocycles. The lowest BCUT2D eigenvalue weighted by Crippen LogP contribution is -2.47. The van der Waals surface area contributed by atoms with Gasteiger partial charge in [0.1, 0.15) is 0 Å². The van der Waals surface area contributed by atoms with Crippen LogP contribution in [-0.2, 0) is 15.0 Å². The molecule has 0 unspecified atom stereocenters. The van der Waals surface area contributed by atoms with Crippen molar-refractivity contribution in [3.05, 3.63) is 29.8 Å². The van der Waals surface area contributed by atoms with Crippen molar-refractivity contribution in [3.8, 4) is 0 Å². The third-order valence-corrected chi connectivity index (χ3v) is 4.19. The van der Waals surface area contributed by atoms with Crippen LogP contribution in [0.15, 0.2) is 24.3 Å². The molecule has 0 aliphatic carbocycles. The summed E-state index contributed by atoms with van der Waals surface area (Å²) in [6.45, 7) is 2.91. The van der Waals surface area contributed by atoms with E-state index in [1.165, 1.54) is 0 Å². The topological polar surface area (TPSA) is 49.4 Å². The average molecular weight is 244 g/mol. The predicted molar refractivity (Wildman–Crippen MR) is 68.2 cm³/mol. The molecule has 1 spiro atoms. The number of hydrogen-bond acceptors (Lipinski definition) is 2. The Kier molecular flexibility index (Phi) is 2.40. The first-order chi connectivity index (χ1) is 8.63. The number of piperidine rings is 1. The molecule has 3 rings (SSSR count). The first-order valence-electron chi connectivity index (χ1n) is 6.30. The first kappa shape index (κ1) is 11.3. The maximum Gasteiger partial charge on any atom is 0.235 e. The van der Waals surface area contributed by atoms with Crippen LogP contribution in [0.2, 0.25) is 0 Å². The van der Waals surface area contributed by atoms with Gasteiger partial charge in [0.2, 0.25) is 11.8 Å². The van der Waals surface area contributed by atoms with E-state index in [0.717, 1.165) is 24.1 Å². The van der Waals surface area contributed by atoms with Gasteiger partial charge in [-0.2, -0.15) is 0 Å². The molecule has 1 aromatic carbocycles. The molecule has 0 atom stereocenters. The van der Waals surface area contributed by atoms with E-state index in [1.807, 2.05) is 29.2 Å². The van der Waals surface area contributed by atoms with E-state index in [1.54, 1.807) is 6.92 Å². The van der Waals surface area contributed by atoms with E-state index in [4.69, 9.17) is 0 Å². The zero-order valence-electron chi connectivity index (χ0n) is 10.4. The number of rotatable bonds is 0. The van der Waals surface area contributed by atoms with Gasteiger partial charge in [-0.1, -0.05) is 18.2 Å². The van der Waals surface area contributed by atoms with Crippen LogP contribution in [0.25, 0.3) is 0 Å². The van der Waals surface area contributed by atoms with Crippen LogP contribution in [0.5, 0.6) is 0 Å². The van der Waals surface area contributed by atoms with Crippen molar-refractivity contribution in [3.63, 3.8) is 0 Å². The van der Waals surface area contributed by atoms with Crippen LogP contribution in [0, 0.1) is 0 Å². The molecule has 1 N–H and O–H groups in total. The van der Waals surface area contributed by atoms with Crippen LogP contribution in [0.4, 0.5) is 5.69 Å². The third kappa shape index (κ3) is 1.45. The van der Waals surface area contributed by atoms with Gasteiger partial charge in [-0.3, -0.25) is 9.59 Å². The standard InChI is InChI=1S/C14H16N2O2/c1-10(17)16-8-6-14(7-9-16)11-4-2-3-5-12(11)15-13(14)18/h2-5H,6-9H2,1H3,(H,15,18). The number of benzene rings is 1. The molecule has 1 fully saturated rings. The second kappa shape index (κ2) is 3.83. The van der Waals surface area contributed by atoms with E-state index >= 15 is 0 Å². The van der Waals surface area contributed by atoms with Crippen molar-refractivity contribution in [1.82, 2.24) is 4.90 Å². The summed E-state index contributed by atoms with van der Waals surface area (Å²) in [7, 11) is 0. The molecule has 2 amide bonds. The summed E-state index contributed by atoms with van der Waals surface area (Å²) in [4.78, 5) is 25.4. The lowest BCUT2D eigenvalue weighted by Gasteiger charge is -2.37. The van der Waals surface area contributed by atoms with Crippen LogP contribution in [-0.4, -0.2) is 29.8 Å². The van der Waals surface area contributed by atoms with Crippen LogP contribution in [0.3, 0.4) is 0 Å². The number of hydrogen-bond donors (Lipinski definition) is 1. The van der Waals surface area contributed by atoms with E-state index in [-0.39, 0.29) is 11.8 Å². The van der Waals surface area contributed by atoms with Crippen molar-refractivity contribution in [1.29, 1.82) is 0 Å². The molecule has 0 radical (unpaired) electrons. The highest BCUT2D eigenvalue weighted by atomic mass is 16.2. The molecule has 4 heteroatoms. The minimum absolute atomic E-state index is 0.0897. The molecule has 1 saturated heterocycles. The highest BCUT2D eigenvalue weighted by Crippen LogP contribution is 2.44.